The van der Waals surface area contributed by atoms with Gasteiger partial charge in [0.15, 0.2) is 0 Å². The van der Waals surface area contributed by atoms with E-state index in [0.29, 0.717) is 0 Å². The number of anilines is 1. The van der Waals surface area contributed by atoms with Gasteiger partial charge in [0.1, 0.15) is 0 Å². The first-order chi connectivity index (χ1) is 26.8. The van der Waals surface area contributed by atoms with Crippen molar-refractivity contribution in [3.63, 3.8) is 0 Å². The highest BCUT2D eigenvalue weighted by atomic mass is 14.8. The molecule has 0 fully saturated rings. The minimum atomic E-state index is 1.13. The molecule has 0 unspecified atom stereocenters. The van der Waals surface area contributed by atoms with Crippen LogP contribution in [0.4, 0.5) is 5.69 Å². The van der Waals surface area contributed by atoms with Gasteiger partial charge < -0.3 is 5.32 Å². The third kappa shape index (κ3) is 3.37. The van der Waals surface area contributed by atoms with Crippen LogP contribution in [0, 0.1) is 0 Å². The Morgan fingerprint density at radius 2 is 0.778 bits per heavy atom. The van der Waals surface area contributed by atoms with E-state index in [2.05, 4.69) is 169 Å². The summed E-state index contributed by atoms with van der Waals surface area (Å²) in [7, 11) is 2.03. The first-order valence-electron chi connectivity index (χ1n) is 18.9. The van der Waals surface area contributed by atoms with Gasteiger partial charge in [-0.3, -0.25) is 0 Å². The van der Waals surface area contributed by atoms with Gasteiger partial charge in [0.2, 0.25) is 0 Å². The van der Waals surface area contributed by atoms with Crippen LogP contribution >= 0.6 is 0 Å². The Morgan fingerprint density at radius 1 is 0.278 bits per heavy atom. The third-order valence-corrected chi connectivity index (χ3v) is 12.7. The summed E-state index contributed by atoms with van der Waals surface area (Å²) in [5.74, 6) is 0. The lowest BCUT2D eigenvalue weighted by Gasteiger charge is -2.21. The molecule has 0 heterocycles. The van der Waals surface area contributed by atoms with E-state index in [4.69, 9.17) is 0 Å². The molecule has 0 aromatic heterocycles. The van der Waals surface area contributed by atoms with Crippen LogP contribution in [0.1, 0.15) is 0 Å². The molecule has 11 aromatic rings. The maximum absolute atomic E-state index is 3.53. The van der Waals surface area contributed by atoms with Crippen LogP contribution in [0.3, 0.4) is 0 Å². The van der Waals surface area contributed by atoms with Gasteiger partial charge in [-0.1, -0.05) is 158 Å². The monoisotopic (exact) mass is 681 g/mol. The molecular formula is C53H31N. The standard InChI is InChI=1S/C53H31N/c1-54-44-18-10-9-17-40(44)49-33-16-8-7-15-32(33)45(30-12-3-2-4-13-30)52-42-27-24-39-37-23-26-41-46-31-14-6-5-11-29(31)19-20-34(46)35-21-22-36(47(37)50(35)41)38-25-28-43(53(49)52)51(42)48(38)39/h2-28,54H,1H3. The molecule has 1 N–H and O–H groups in total. The van der Waals surface area contributed by atoms with Gasteiger partial charge in [-0.15, -0.1) is 0 Å². The van der Waals surface area contributed by atoms with E-state index in [1.165, 1.54) is 131 Å². The zero-order chi connectivity index (χ0) is 35.2. The lowest BCUT2D eigenvalue weighted by atomic mass is 9.82. The number of hydrogen-bond acceptors (Lipinski definition) is 1. The van der Waals surface area contributed by atoms with E-state index in [0.717, 1.165) is 5.69 Å². The molecule has 13 rings (SSSR count). The second-order valence-corrected chi connectivity index (χ2v) is 15.1. The minimum Gasteiger partial charge on any atom is -0.388 e. The molecule has 248 valence electrons. The fourth-order valence-corrected chi connectivity index (χ4v) is 10.6. The number of benzene rings is 11. The summed E-state index contributed by atoms with van der Waals surface area (Å²) in [5, 5.41) is 19.6. The van der Waals surface area contributed by atoms with Gasteiger partial charge in [-0.2, -0.15) is 0 Å². The van der Waals surface area contributed by atoms with Crippen LogP contribution in [0.25, 0.3) is 131 Å². The smallest absolute Gasteiger partial charge is 0.0417 e. The summed E-state index contributed by atoms with van der Waals surface area (Å²) >= 11 is 0. The molecule has 54 heavy (non-hydrogen) atoms. The van der Waals surface area contributed by atoms with Crippen LogP contribution in [-0.2, 0) is 0 Å². The second-order valence-electron chi connectivity index (χ2n) is 15.1. The van der Waals surface area contributed by atoms with Gasteiger partial charge in [0.25, 0.3) is 0 Å². The molecule has 0 aliphatic heterocycles. The fourth-order valence-electron chi connectivity index (χ4n) is 10.6. The quantitative estimate of drug-likeness (QED) is 0.145. The zero-order valence-corrected chi connectivity index (χ0v) is 29.6. The lowest BCUT2D eigenvalue weighted by Crippen LogP contribution is -1.96. The van der Waals surface area contributed by atoms with E-state index in [1.54, 1.807) is 0 Å². The topological polar surface area (TPSA) is 12.0 Å². The molecule has 0 saturated heterocycles. The van der Waals surface area contributed by atoms with Crippen molar-refractivity contribution in [2.45, 2.75) is 0 Å². The van der Waals surface area contributed by atoms with Crippen LogP contribution in [0.2, 0.25) is 0 Å². The Morgan fingerprint density at radius 3 is 1.46 bits per heavy atom. The van der Waals surface area contributed by atoms with Crippen molar-refractivity contribution >= 4 is 70.3 Å². The van der Waals surface area contributed by atoms with Crippen LogP contribution in [0.5, 0.6) is 0 Å². The Balaban J connectivity index is 1.20. The number of nitrogens with one attached hydrogen (secondary N) is 1. The highest BCUT2D eigenvalue weighted by Crippen LogP contribution is 2.61. The Bertz CT molecular complexity index is 3440. The first-order valence-corrected chi connectivity index (χ1v) is 18.9. The number of hydrogen-bond donors (Lipinski definition) is 1. The van der Waals surface area contributed by atoms with Crippen molar-refractivity contribution in [3.8, 4) is 66.8 Å². The summed E-state index contributed by atoms with van der Waals surface area (Å²) < 4.78 is 0. The van der Waals surface area contributed by atoms with Crippen LogP contribution in [-0.4, -0.2) is 7.05 Å². The molecule has 0 amide bonds. The lowest BCUT2D eigenvalue weighted by molar-refractivity contribution is 1.51. The Kier molecular flexibility index (Phi) is 5.36. The predicted molar refractivity (Wildman–Crippen MR) is 232 cm³/mol. The Hall–Kier alpha value is -6.96. The Labute approximate surface area is 312 Å². The molecule has 2 aliphatic carbocycles. The number of rotatable bonds is 3. The van der Waals surface area contributed by atoms with Crippen molar-refractivity contribution in [2.75, 3.05) is 12.4 Å². The van der Waals surface area contributed by atoms with Crippen molar-refractivity contribution in [2.24, 2.45) is 0 Å². The molecule has 1 nitrogen and oxygen atoms in total. The first kappa shape index (κ1) is 28.6. The largest absolute Gasteiger partial charge is 0.388 e. The third-order valence-electron chi connectivity index (χ3n) is 12.7. The van der Waals surface area contributed by atoms with Crippen molar-refractivity contribution in [1.82, 2.24) is 0 Å². The predicted octanol–water partition coefficient (Wildman–Crippen LogP) is 14.7. The fraction of sp³-hybridized carbons (Fsp3) is 0.0189. The molecule has 2 aliphatic rings. The number of fused-ring (bicyclic) bond motifs is 11. The van der Waals surface area contributed by atoms with E-state index < -0.39 is 0 Å². The van der Waals surface area contributed by atoms with Gasteiger partial charge in [0, 0.05) is 23.9 Å². The molecule has 0 saturated carbocycles. The van der Waals surface area contributed by atoms with E-state index >= 15 is 0 Å². The zero-order valence-electron chi connectivity index (χ0n) is 29.6. The van der Waals surface area contributed by atoms with Crippen molar-refractivity contribution in [1.29, 1.82) is 0 Å². The average Bonchev–Trinajstić information content (AvgIpc) is 3.75. The van der Waals surface area contributed by atoms with Gasteiger partial charge >= 0.3 is 0 Å². The normalized spacial score (nSPS) is 12.5. The van der Waals surface area contributed by atoms with E-state index in [1.807, 2.05) is 7.05 Å². The second kappa shape index (κ2) is 10.1. The summed E-state index contributed by atoms with van der Waals surface area (Å²) in [6, 6.07) is 61.6. The summed E-state index contributed by atoms with van der Waals surface area (Å²) in [5.41, 5.74) is 16.9. The van der Waals surface area contributed by atoms with Gasteiger partial charge in [-0.05, 0) is 126 Å². The molecule has 0 spiro atoms. The molecule has 0 atom stereocenters. The van der Waals surface area contributed by atoms with Crippen molar-refractivity contribution < 1.29 is 0 Å². The summed E-state index contributed by atoms with van der Waals surface area (Å²) in [6.45, 7) is 0. The van der Waals surface area contributed by atoms with E-state index in [-0.39, 0.29) is 0 Å². The molecular weight excluding hydrogens is 651 g/mol. The van der Waals surface area contributed by atoms with Crippen LogP contribution < -0.4 is 5.32 Å². The van der Waals surface area contributed by atoms with Gasteiger partial charge in [-0.25, -0.2) is 0 Å². The molecule has 0 bridgehead atoms. The molecule has 0 radical (unpaired) electrons. The van der Waals surface area contributed by atoms with Crippen molar-refractivity contribution in [3.05, 3.63) is 164 Å². The SMILES string of the molecule is CNc1ccccc1-c1c2c(c(-c3ccccc3)c3ccccc13)-c1ccc3c4ccc5c6c(ccc(c7ccc-2c1c73)c64)-c1ccc2ccccc2c1-5. The molecule has 1 heteroatoms. The number of para-hydroxylation sites is 1. The average molecular weight is 682 g/mol. The van der Waals surface area contributed by atoms with Crippen LogP contribution in [0.15, 0.2) is 164 Å². The summed E-state index contributed by atoms with van der Waals surface area (Å²) in [6.07, 6.45) is 0. The van der Waals surface area contributed by atoms with E-state index in [9.17, 15) is 0 Å². The maximum atomic E-state index is 3.53. The highest BCUT2D eigenvalue weighted by molar-refractivity contribution is 6.41. The minimum absolute atomic E-state index is 1.13. The van der Waals surface area contributed by atoms with Gasteiger partial charge in [0.05, 0.1) is 0 Å². The highest BCUT2D eigenvalue weighted by Gasteiger charge is 2.33. The molecule has 11 aromatic carbocycles. The summed E-state index contributed by atoms with van der Waals surface area (Å²) in [4.78, 5) is 0. The maximum Gasteiger partial charge on any atom is 0.0417 e.